The van der Waals surface area contributed by atoms with Gasteiger partial charge < -0.3 is 9.84 Å². The predicted molar refractivity (Wildman–Crippen MR) is 67.7 cm³/mol. The van der Waals surface area contributed by atoms with E-state index in [4.69, 9.17) is 4.52 Å². The zero-order valence-electron chi connectivity index (χ0n) is 10.7. The van der Waals surface area contributed by atoms with Crippen LogP contribution in [0.1, 0.15) is 38.4 Å². The van der Waals surface area contributed by atoms with Gasteiger partial charge >= 0.3 is 0 Å². The first-order valence-corrected chi connectivity index (χ1v) is 6.73. The molecular formula is C13H23N3O. The highest BCUT2D eigenvalue weighted by atomic mass is 16.5. The fourth-order valence-corrected chi connectivity index (χ4v) is 2.49. The minimum atomic E-state index is 0.651. The topological polar surface area (TPSA) is 41.3 Å². The lowest BCUT2D eigenvalue weighted by Crippen LogP contribution is -2.43. The van der Waals surface area contributed by atoms with E-state index in [0.717, 1.165) is 25.4 Å². The van der Waals surface area contributed by atoms with Gasteiger partial charge in [0.15, 0.2) is 5.76 Å². The molecule has 1 N–H and O–H groups in total. The van der Waals surface area contributed by atoms with E-state index in [1.165, 1.54) is 32.2 Å². The Morgan fingerprint density at radius 3 is 3.12 bits per heavy atom. The number of nitrogens with one attached hydrogen (secondary N) is 1. The Kier molecular flexibility index (Phi) is 5.01. The Morgan fingerprint density at radius 1 is 1.53 bits per heavy atom. The fraction of sp³-hybridized carbons (Fsp3) is 0.769. The van der Waals surface area contributed by atoms with Crippen molar-refractivity contribution in [2.24, 2.45) is 0 Å². The molecule has 96 valence electrons. The number of piperidine rings is 1. The fourth-order valence-electron chi connectivity index (χ4n) is 2.49. The SMILES string of the molecule is CCCN(Cc1ccno1)CC1CCCCN1. The van der Waals surface area contributed by atoms with E-state index in [-0.39, 0.29) is 0 Å². The second kappa shape index (κ2) is 6.77. The average Bonchev–Trinajstić information content (AvgIpc) is 2.83. The molecule has 0 aromatic carbocycles. The van der Waals surface area contributed by atoms with Gasteiger partial charge in [0.05, 0.1) is 12.7 Å². The molecule has 0 radical (unpaired) electrons. The summed E-state index contributed by atoms with van der Waals surface area (Å²) >= 11 is 0. The Hall–Kier alpha value is -0.870. The summed E-state index contributed by atoms with van der Waals surface area (Å²) in [6, 6.07) is 2.61. The third kappa shape index (κ3) is 4.13. The second-order valence-corrected chi connectivity index (χ2v) is 4.86. The molecule has 1 unspecified atom stereocenters. The quantitative estimate of drug-likeness (QED) is 0.822. The molecule has 2 rings (SSSR count). The van der Waals surface area contributed by atoms with Crippen molar-refractivity contribution in [2.75, 3.05) is 19.6 Å². The van der Waals surface area contributed by atoms with Crippen molar-refractivity contribution >= 4 is 0 Å². The summed E-state index contributed by atoms with van der Waals surface area (Å²) in [6.45, 7) is 6.52. The van der Waals surface area contributed by atoms with Crippen LogP contribution in [-0.2, 0) is 6.54 Å². The standard InChI is InChI=1S/C13H23N3O/c1-2-9-16(11-13-6-8-15-17-13)10-12-5-3-4-7-14-12/h6,8,12,14H,2-5,7,9-11H2,1H3. The molecule has 1 aromatic heterocycles. The number of aromatic nitrogens is 1. The Morgan fingerprint density at radius 2 is 2.47 bits per heavy atom. The lowest BCUT2D eigenvalue weighted by atomic mass is 10.0. The Bertz CT molecular complexity index is 294. The molecule has 0 spiro atoms. The zero-order chi connectivity index (χ0) is 11.9. The van der Waals surface area contributed by atoms with Gasteiger partial charge in [0.1, 0.15) is 0 Å². The zero-order valence-corrected chi connectivity index (χ0v) is 10.7. The van der Waals surface area contributed by atoms with Gasteiger partial charge in [0.2, 0.25) is 0 Å². The Labute approximate surface area is 103 Å². The summed E-state index contributed by atoms with van der Waals surface area (Å²) in [5.74, 6) is 0.967. The monoisotopic (exact) mass is 237 g/mol. The van der Waals surface area contributed by atoms with Crippen molar-refractivity contribution in [2.45, 2.75) is 45.2 Å². The van der Waals surface area contributed by atoms with Gasteiger partial charge in [0, 0.05) is 18.7 Å². The predicted octanol–water partition coefficient (Wildman–Crippen LogP) is 2.03. The first-order valence-electron chi connectivity index (χ1n) is 6.73. The van der Waals surface area contributed by atoms with Gasteiger partial charge in [0.25, 0.3) is 0 Å². The molecular weight excluding hydrogens is 214 g/mol. The Balaban J connectivity index is 1.83. The molecule has 1 aromatic rings. The third-order valence-electron chi connectivity index (χ3n) is 3.30. The van der Waals surface area contributed by atoms with Crippen LogP contribution >= 0.6 is 0 Å². The molecule has 1 aliphatic rings. The number of hydrogen-bond donors (Lipinski definition) is 1. The molecule has 0 aliphatic carbocycles. The minimum absolute atomic E-state index is 0.651. The molecule has 4 heteroatoms. The van der Waals surface area contributed by atoms with Crippen LogP contribution in [0.2, 0.25) is 0 Å². The molecule has 17 heavy (non-hydrogen) atoms. The number of rotatable bonds is 6. The van der Waals surface area contributed by atoms with Gasteiger partial charge in [-0.05, 0) is 32.4 Å². The van der Waals surface area contributed by atoms with E-state index in [0.29, 0.717) is 6.04 Å². The van der Waals surface area contributed by atoms with Crippen LogP contribution in [0.4, 0.5) is 0 Å². The molecule has 4 nitrogen and oxygen atoms in total. The van der Waals surface area contributed by atoms with E-state index in [2.05, 4.69) is 22.3 Å². The summed E-state index contributed by atoms with van der Waals surface area (Å²) in [5, 5.41) is 7.36. The van der Waals surface area contributed by atoms with Crippen molar-refractivity contribution in [1.29, 1.82) is 0 Å². The van der Waals surface area contributed by atoms with E-state index in [1.807, 2.05) is 6.07 Å². The van der Waals surface area contributed by atoms with Crippen molar-refractivity contribution in [1.82, 2.24) is 15.4 Å². The normalized spacial score (nSPS) is 20.9. The van der Waals surface area contributed by atoms with Crippen LogP contribution < -0.4 is 5.32 Å². The number of nitrogens with zero attached hydrogens (tertiary/aromatic N) is 2. The second-order valence-electron chi connectivity index (χ2n) is 4.86. The average molecular weight is 237 g/mol. The highest BCUT2D eigenvalue weighted by molar-refractivity contribution is 4.93. The summed E-state index contributed by atoms with van der Waals surface area (Å²) in [7, 11) is 0. The molecule has 0 amide bonds. The van der Waals surface area contributed by atoms with Gasteiger partial charge in [-0.25, -0.2) is 0 Å². The summed E-state index contributed by atoms with van der Waals surface area (Å²) in [5.41, 5.74) is 0. The summed E-state index contributed by atoms with van der Waals surface area (Å²) < 4.78 is 5.19. The van der Waals surface area contributed by atoms with E-state index < -0.39 is 0 Å². The largest absolute Gasteiger partial charge is 0.360 e. The van der Waals surface area contributed by atoms with Crippen LogP contribution in [-0.4, -0.2) is 35.7 Å². The van der Waals surface area contributed by atoms with Crippen molar-refractivity contribution in [3.05, 3.63) is 18.0 Å². The van der Waals surface area contributed by atoms with Crippen molar-refractivity contribution in [3.63, 3.8) is 0 Å². The maximum atomic E-state index is 5.19. The van der Waals surface area contributed by atoms with Crippen LogP contribution in [0, 0.1) is 0 Å². The first-order chi connectivity index (χ1) is 8.38. The van der Waals surface area contributed by atoms with Crippen LogP contribution in [0.5, 0.6) is 0 Å². The first kappa shape index (κ1) is 12.6. The number of hydrogen-bond acceptors (Lipinski definition) is 4. The summed E-state index contributed by atoms with van der Waals surface area (Å²) in [4.78, 5) is 2.46. The lowest BCUT2D eigenvalue weighted by molar-refractivity contribution is 0.196. The maximum Gasteiger partial charge on any atom is 0.150 e. The molecule has 1 atom stereocenters. The highest BCUT2D eigenvalue weighted by Gasteiger charge is 2.17. The van der Waals surface area contributed by atoms with Gasteiger partial charge in [-0.1, -0.05) is 18.5 Å². The minimum Gasteiger partial charge on any atom is -0.360 e. The van der Waals surface area contributed by atoms with Gasteiger partial charge in [-0.2, -0.15) is 0 Å². The molecule has 0 bridgehead atoms. The molecule has 1 saturated heterocycles. The third-order valence-corrected chi connectivity index (χ3v) is 3.30. The molecule has 1 fully saturated rings. The van der Waals surface area contributed by atoms with Crippen LogP contribution in [0.25, 0.3) is 0 Å². The van der Waals surface area contributed by atoms with E-state index >= 15 is 0 Å². The van der Waals surface area contributed by atoms with Crippen molar-refractivity contribution < 1.29 is 4.52 Å². The van der Waals surface area contributed by atoms with Gasteiger partial charge in [-0.3, -0.25) is 4.90 Å². The summed E-state index contributed by atoms with van der Waals surface area (Å²) in [6.07, 6.45) is 6.89. The molecule has 0 saturated carbocycles. The smallest absolute Gasteiger partial charge is 0.150 e. The maximum absolute atomic E-state index is 5.19. The van der Waals surface area contributed by atoms with Crippen LogP contribution in [0.3, 0.4) is 0 Å². The van der Waals surface area contributed by atoms with Crippen LogP contribution in [0.15, 0.2) is 16.8 Å². The van der Waals surface area contributed by atoms with E-state index in [1.54, 1.807) is 6.20 Å². The molecule has 2 heterocycles. The highest BCUT2D eigenvalue weighted by Crippen LogP contribution is 2.11. The van der Waals surface area contributed by atoms with E-state index in [9.17, 15) is 0 Å². The van der Waals surface area contributed by atoms with Crippen molar-refractivity contribution in [3.8, 4) is 0 Å². The van der Waals surface area contributed by atoms with Gasteiger partial charge in [-0.15, -0.1) is 0 Å². The lowest BCUT2D eigenvalue weighted by Gasteiger charge is -2.29. The molecule has 1 aliphatic heterocycles.